The first-order valence-corrected chi connectivity index (χ1v) is 7.93. The van der Waals surface area contributed by atoms with E-state index in [9.17, 15) is 9.59 Å². The molecule has 23 heavy (non-hydrogen) atoms. The van der Waals surface area contributed by atoms with Crippen LogP contribution in [0.3, 0.4) is 0 Å². The summed E-state index contributed by atoms with van der Waals surface area (Å²) in [5, 5.41) is 2.85. The molecule has 1 aromatic rings. The highest BCUT2D eigenvalue weighted by atomic mass is 16.2. The van der Waals surface area contributed by atoms with E-state index in [1.54, 1.807) is 23.1 Å². The lowest BCUT2D eigenvalue weighted by molar-refractivity contribution is -0.130. The summed E-state index contributed by atoms with van der Waals surface area (Å²) in [6.07, 6.45) is 8.58. The van der Waals surface area contributed by atoms with Gasteiger partial charge in [-0.3, -0.25) is 9.59 Å². The lowest BCUT2D eigenvalue weighted by Gasteiger charge is -2.31. The van der Waals surface area contributed by atoms with Crippen molar-refractivity contribution in [3.63, 3.8) is 0 Å². The van der Waals surface area contributed by atoms with Crippen LogP contribution in [0, 0.1) is 12.8 Å². The van der Waals surface area contributed by atoms with Crippen molar-refractivity contribution in [1.29, 1.82) is 0 Å². The molecule has 2 heterocycles. The Bertz CT molecular complexity index is 622. The van der Waals surface area contributed by atoms with Gasteiger partial charge in [-0.1, -0.05) is 24.3 Å². The van der Waals surface area contributed by atoms with Crippen molar-refractivity contribution in [3.8, 4) is 0 Å². The average molecular weight is 313 g/mol. The number of aromatic nitrogens is 1. The van der Waals surface area contributed by atoms with Gasteiger partial charge in [-0.15, -0.1) is 0 Å². The summed E-state index contributed by atoms with van der Waals surface area (Å²) < 4.78 is 0. The van der Waals surface area contributed by atoms with E-state index in [2.05, 4.69) is 10.3 Å². The van der Waals surface area contributed by atoms with Crippen LogP contribution < -0.4 is 5.32 Å². The van der Waals surface area contributed by atoms with Crippen LogP contribution in [-0.2, 0) is 9.59 Å². The van der Waals surface area contributed by atoms with Gasteiger partial charge in [0, 0.05) is 24.9 Å². The fourth-order valence-corrected chi connectivity index (χ4v) is 2.59. The number of rotatable bonds is 4. The van der Waals surface area contributed by atoms with E-state index in [1.807, 2.05) is 38.1 Å². The van der Waals surface area contributed by atoms with Crippen LogP contribution in [0.2, 0.25) is 0 Å². The average Bonchev–Trinajstić information content (AvgIpc) is 2.55. The molecule has 122 valence electrons. The molecule has 2 rings (SSSR count). The minimum Gasteiger partial charge on any atom is -0.338 e. The second-order valence-electron chi connectivity index (χ2n) is 5.66. The molecule has 0 unspecified atom stereocenters. The van der Waals surface area contributed by atoms with Gasteiger partial charge in [0.2, 0.25) is 11.8 Å². The third-order valence-electron chi connectivity index (χ3n) is 3.79. The van der Waals surface area contributed by atoms with Crippen LogP contribution in [0.25, 0.3) is 0 Å². The maximum absolute atomic E-state index is 12.4. The number of allylic oxidation sites excluding steroid dienone is 3. The monoisotopic (exact) mass is 313 g/mol. The van der Waals surface area contributed by atoms with Crippen molar-refractivity contribution in [1.82, 2.24) is 9.88 Å². The molecule has 0 radical (unpaired) electrons. The van der Waals surface area contributed by atoms with Gasteiger partial charge in [0.1, 0.15) is 5.82 Å². The number of likely N-dealkylation sites (tertiary alicyclic amines) is 1. The molecule has 1 atom stereocenters. The Hall–Kier alpha value is -2.43. The Kier molecular flexibility index (Phi) is 6.09. The zero-order valence-corrected chi connectivity index (χ0v) is 13.7. The number of carbonyl (C=O) groups excluding carboxylic acids is 2. The Balaban J connectivity index is 1.94. The fraction of sp³-hybridized carbons (Fsp3) is 0.389. The second-order valence-corrected chi connectivity index (χ2v) is 5.66. The van der Waals surface area contributed by atoms with Crippen LogP contribution in [0.5, 0.6) is 0 Å². The summed E-state index contributed by atoms with van der Waals surface area (Å²) in [5.74, 6) is 0.254. The minimum absolute atomic E-state index is 0.0470. The van der Waals surface area contributed by atoms with Crippen LogP contribution in [0.15, 0.2) is 42.5 Å². The number of piperidine rings is 1. The number of anilines is 1. The number of carbonyl (C=O) groups is 2. The van der Waals surface area contributed by atoms with Crippen molar-refractivity contribution in [2.75, 3.05) is 18.4 Å². The highest BCUT2D eigenvalue weighted by molar-refractivity contribution is 5.93. The zero-order chi connectivity index (χ0) is 16.7. The molecule has 0 aromatic carbocycles. The number of nitrogens with zero attached hydrogens (tertiary/aromatic N) is 2. The van der Waals surface area contributed by atoms with E-state index in [-0.39, 0.29) is 17.7 Å². The molecule has 2 amide bonds. The van der Waals surface area contributed by atoms with Gasteiger partial charge < -0.3 is 10.2 Å². The zero-order valence-electron chi connectivity index (χ0n) is 13.7. The van der Waals surface area contributed by atoms with E-state index in [4.69, 9.17) is 0 Å². The summed E-state index contributed by atoms with van der Waals surface area (Å²) in [6, 6.07) is 5.52. The molecule has 1 saturated heterocycles. The second kappa shape index (κ2) is 8.27. The lowest BCUT2D eigenvalue weighted by Crippen LogP contribution is -2.43. The van der Waals surface area contributed by atoms with Crippen LogP contribution in [0.4, 0.5) is 5.82 Å². The molecule has 0 aliphatic carbocycles. The molecule has 1 aliphatic heterocycles. The SMILES string of the molecule is C/C=C/C=C/C(=O)N1CCC[C@H](C(=O)Nc2cccc(C)n2)C1. The molecular weight excluding hydrogens is 290 g/mol. The summed E-state index contributed by atoms with van der Waals surface area (Å²) in [4.78, 5) is 30.5. The number of nitrogens with one attached hydrogen (secondary N) is 1. The molecule has 1 aliphatic rings. The highest BCUT2D eigenvalue weighted by Gasteiger charge is 2.27. The van der Waals surface area contributed by atoms with Gasteiger partial charge in [0.25, 0.3) is 0 Å². The number of aryl methyl sites for hydroxylation is 1. The third kappa shape index (κ3) is 5.06. The number of pyridine rings is 1. The predicted octanol–water partition coefficient (Wildman–Crippen LogP) is 2.70. The van der Waals surface area contributed by atoms with Gasteiger partial charge in [-0.2, -0.15) is 0 Å². The molecular formula is C18H23N3O2. The largest absolute Gasteiger partial charge is 0.338 e. The van der Waals surface area contributed by atoms with Gasteiger partial charge in [-0.05, 0) is 38.8 Å². The van der Waals surface area contributed by atoms with Crippen LogP contribution >= 0.6 is 0 Å². The van der Waals surface area contributed by atoms with E-state index in [1.165, 1.54) is 0 Å². The molecule has 0 bridgehead atoms. The summed E-state index contributed by atoms with van der Waals surface area (Å²) in [5.41, 5.74) is 0.859. The van der Waals surface area contributed by atoms with Gasteiger partial charge >= 0.3 is 0 Å². The molecule has 5 nitrogen and oxygen atoms in total. The Morgan fingerprint density at radius 2 is 2.17 bits per heavy atom. The number of amides is 2. The van der Waals surface area contributed by atoms with Crippen LogP contribution in [0.1, 0.15) is 25.5 Å². The standard InChI is InChI=1S/C18H23N3O2/c1-3-4-5-11-17(22)21-12-7-9-15(13-21)18(23)20-16-10-6-8-14(2)19-16/h3-6,8,10-11,15H,7,9,12-13H2,1-2H3,(H,19,20,23)/b4-3+,11-5+/t15-/m0/s1. The fourth-order valence-electron chi connectivity index (χ4n) is 2.59. The first-order chi connectivity index (χ1) is 11.1. The summed E-state index contributed by atoms with van der Waals surface area (Å²) in [6.45, 7) is 4.94. The lowest BCUT2D eigenvalue weighted by atomic mass is 9.97. The molecule has 1 aromatic heterocycles. The molecule has 1 fully saturated rings. The minimum atomic E-state index is -0.190. The summed E-state index contributed by atoms with van der Waals surface area (Å²) >= 11 is 0. The van der Waals surface area contributed by atoms with Gasteiger partial charge in [-0.25, -0.2) is 4.98 Å². The number of hydrogen-bond donors (Lipinski definition) is 1. The Morgan fingerprint density at radius 3 is 2.91 bits per heavy atom. The first-order valence-electron chi connectivity index (χ1n) is 7.93. The normalized spacial score (nSPS) is 18.5. The summed E-state index contributed by atoms with van der Waals surface area (Å²) in [7, 11) is 0. The van der Waals surface area contributed by atoms with Crippen molar-refractivity contribution in [3.05, 3.63) is 48.2 Å². The highest BCUT2D eigenvalue weighted by Crippen LogP contribution is 2.18. The van der Waals surface area contributed by atoms with E-state index in [0.717, 1.165) is 18.5 Å². The van der Waals surface area contributed by atoms with E-state index >= 15 is 0 Å². The van der Waals surface area contributed by atoms with Crippen LogP contribution in [-0.4, -0.2) is 34.8 Å². The maximum Gasteiger partial charge on any atom is 0.246 e. The van der Waals surface area contributed by atoms with E-state index < -0.39 is 0 Å². The van der Waals surface area contributed by atoms with Crippen molar-refractivity contribution in [2.45, 2.75) is 26.7 Å². The Morgan fingerprint density at radius 1 is 1.35 bits per heavy atom. The van der Waals surface area contributed by atoms with Crippen molar-refractivity contribution < 1.29 is 9.59 Å². The maximum atomic E-state index is 12.4. The van der Waals surface area contributed by atoms with Crippen molar-refractivity contribution in [2.24, 2.45) is 5.92 Å². The predicted molar refractivity (Wildman–Crippen MR) is 90.9 cm³/mol. The molecule has 0 saturated carbocycles. The van der Waals surface area contributed by atoms with Gasteiger partial charge in [0.05, 0.1) is 5.92 Å². The smallest absolute Gasteiger partial charge is 0.246 e. The van der Waals surface area contributed by atoms with Gasteiger partial charge in [0.15, 0.2) is 0 Å². The first kappa shape index (κ1) is 16.9. The quantitative estimate of drug-likeness (QED) is 0.687. The topological polar surface area (TPSA) is 62.3 Å². The molecule has 0 spiro atoms. The third-order valence-corrected chi connectivity index (χ3v) is 3.79. The molecule has 1 N–H and O–H groups in total. The van der Waals surface area contributed by atoms with E-state index in [0.29, 0.717) is 18.9 Å². The van der Waals surface area contributed by atoms with Crippen molar-refractivity contribution >= 4 is 17.6 Å². The molecule has 5 heteroatoms. The Labute approximate surface area is 137 Å². The number of hydrogen-bond acceptors (Lipinski definition) is 3.